The molecule has 2 aromatic heterocycles. The molecular weight excluding hydrogens is 424 g/mol. The maximum absolute atomic E-state index is 12.9. The third kappa shape index (κ3) is 3.86. The molecule has 2 aromatic carbocycles. The fourth-order valence-corrected chi connectivity index (χ4v) is 4.45. The number of benzene rings is 2. The molecular formula is C24H20N4O3S. The zero-order valence-corrected chi connectivity index (χ0v) is 18.2. The van der Waals surface area contributed by atoms with Gasteiger partial charge >= 0.3 is 0 Å². The molecule has 0 unspecified atom stereocenters. The number of carbonyl (C=O) groups is 1. The Morgan fingerprint density at radius 3 is 2.59 bits per heavy atom. The molecule has 0 amide bonds. The summed E-state index contributed by atoms with van der Waals surface area (Å²) in [5.74, 6) is 2.12. The molecule has 4 rings (SSSR count). The molecule has 8 heteroatoms. The molecule has 0 N–H and O–H groups in total. The molecule has 0 fully saturated rings. The summed E-state index contributed by atoms with van der Waals surface area (Å²) in [7, 11) is -3.54. The van der Waals surface area contributed by atoms with E-state index in [1.165, 1.54) is 4.31 Å². The number of hydrogen-bond acceptors (Lipinski definition) is 5. The number of fused-ring (bicyclic) bond motifs is 1. The van der Waals surface area contributed by atoms with Crippen LogP contribution in [0.3, 0.4) is 0 Å². The summed E-state index contributed by atoms with van der Waals surface area (Å²) >= 11 is 0. The van der Waals surface area contributed by atoms with Gasteiger partial charge in [0.1, 0.15) is 6.33 Å². The largest absolute Gasteiger partial charge is 0.287 e. The van der Waals surface area contributed by atoms with Crippen molar-refractivity contribution in [3.05, 3.63) is 84.4 Å². The van der Waals surface area contributed by atoms with Gasteiger partial charge in [0, 0.05) is 17.3 Å². The fraction of sp³-hybridized carbons (Fsp3) is 0.125. The van der Waals surface area contributed by atoms with Crippen LogP contribution >= 0.6 is 0 Å². The van der Waals surface area contributed by atoms with Crippen LogP contribution in [-0.2, 0) is 10.0 Å². The first kappa shape index (κ1) is 21.3. The number of anilines is 1. The summed E-state index contributed by atoms with van der Waals surface area (Å²) in [6.07, 6.45) is 8.56. The van der Waals surface area contributed by atoms with E-state index in [9.17, 15) is 13.2 Å². The number of terminal acetylenes is 1. The third-order valence-electron chi connectivity index (χ3n) is 5.05. The minimum Gasteiger partial charge on any atom is -0.287 e. The van der Waals surface area contributed by atoms with E-state index >= 15 is 0 Å². The van der Waals surface area contributed by atoms with Gasteiger partial charge in [-0.05, 0) is 25.1 Å². The Balaban J connectivity index is 1.80. The summed E-state index contributed by atoms with van der Waals surface area (Å²) in [6, 6.07) is 17.7. The van der Waals surface area contributed by atoms with E-state index in [2.05, 4.69) is 15.9 Å². The number of rotatable bonds is 7. The molecule has 0 spiro atoms. The van der Waals surface area contributed by atoms with E-state index in [1.54, 1.807) is 72.4 Å². The number of sulfonamides is 1. The molecule has 0 aliphatic carbocycles. The van der Waals surface area contributed by atoms with E-state index in [0.717, 1.165) is 5.56 Å². The van der Waals surface area contributed by atoms with Crippen LogP contribution < -0.4 is 4.31 Å². The molecule has 2 heterocycles. The Morgan fingerprint density at radius 2 is 1.88 bits per heavy atom. The van der Waals surface area contributed by atoms with Crippen LogP contribution in [0.15, 0.2) is 73.2 Å². The smallest absolute Gasteiger partial charge is 0.235 e. The summed E-state index contributed by atoms with van der Waals surface area (Å²) < 4.78 is 28.0. The average molecular weight is 445 g/mol. The maximum atomic E-state index is 12.9. The van der Waals surface area contributed by atoms with Crippen molar-refractivity contribution in [3.8, 4) is 23.6 Å². The first-order chi connectivity index (χ1) is 15.5. The Bertz CT molecular complexity index is 1440. The molecule has 0 saturated heterocycles. The quantitative estimate of drug-likeness (QED) is 0.322. The predicted octanol–water partition coefficient (Wildman–Crippen LogP) is 3.42. The lowest BCUT2D eigenvalue weighted by Crippen LogP contribution is -2.32. The van der Waals surface area contributed by atoms with Gasteiger partial charge in [-0.25, -0.2) is 18.4 Å². The molecule has 0 aliphatic heterocycles. The van der Waals surface area contributed by atoms with Crippen LogP contribution in [-0.4, -0.2) is 40.9 Å². The summed E-state index contributed by atoms with van der Waals surface area (Å²) in [5, 5.41) is 0. The van der Waals surface area contributed by atoms with Crippen LogP contribution in [0.1, 0.15) is 23.0 Å². The third-order valence-corrected chi connectivity index (χ3v) is 6.79. The van der Waals surface area contributed by atoms with E-state index in [0.29, 0.717) is 22.6 Å². The molecule has 0 radical (unpaired) electrons. The molecule has 0 aliphatic rings. The SMILES string of the molecule is C#CCN(c1cccc(-c2ccnc3c(C(=O)c4ccccc4)ncn23)c1)S(=O)(=O)CC. The lowest BCUT2D eigenvalue weighted by Gasteiger charge is -2.22. The molecule has 7 nitrogen and oxygen atoms in total. The number of hydrogen-bond donors (Lipinski definition) is 0. The highest BCUT2D eigenvalue weighted by atomic mass is 32.2. The highest BCUT2D eigenvalue weighted by molar-refractivity contribution is 7.92. The first-order valence-electron chi connectivity index (χ1n) is 9.92. The normalized spacial score (nSPS) is 11.2. The lowest BCUT2D eigenvalue weighted by atomic mass is 10.1. The van der Waals surface area contributed by atoms with Crippen molar-refractivity contribution in [3.63, 3.8) is 0 Å². The summed E-state index contributed by atoms with van der Waals surface area (Å²) in [4.78, 5) is 21.6. The van der Waals surface area contributed by atoms with Crippen molar-refractivity contribution in [2.75, 3.05) is 16.6 Å². The van der Waals surface area contributed by atoms with Crippen LogP contribution in [0, 0.1) is 12.3 Å². The van der Waals surface area contributed by atoms with Crippen LogP contribution in [0.5, 0.6) is 0 Å². The second-order valence-electron chi connectivity index (χ2n) is 6.97. The molecule has 160 valence electrons. The van der Waals surface area contributed by atoms with Crippen LogP contribution in [0.4, 0.5) is 5.69 Å². The highest BCUT2D eigenvalue weighted by Crippen LogP contribution is 2.27. The van der Waals surface area contributed by atoms with Crippen molar-refractivity contribution in [2.45, 2.75) is 6.92 Å². The number of nitrogens with zero attached hydrogens (tertiary/aromatic N) is 4. The van der Waals surface area contributed by atoms with Gasteiger partial charge in [-0.2, -0.15) is 0 Å². The first-order valence-corrected chi connectivity index (χ1v) is 11.5. The molecule has 32 heavy (non-hydrogen) atoms. The van der Waals surface area contributed by atoms with Gasteiger partial charge in [-0.15, -0.1) is 6.42 Å². The second-order valence-corrected chi connectivity index (χ2v) is 9.16. The second kappa shape index (κ2) is 8.65. The van der Waals surface area contributed by atoms with E-state index < -0.39 is 10.0 Å². The van der Waals surface area contributed by atoms with Gasteiger partial charge in [0.2, 0.25) is 15.8 Å². The van der Waals surface area contributed by atoms with Crippen molar-refractivity contribution in [1.29, 1.82) is 0 Å². The predicted molar refractivity (Wildman–Crippen MR) is 124 cm³/mol. The Labute approximate surface area is 186 Å². The molecule has 4 aromatic rings. The van der Waals surface area contributed by atoms with Crippen LogP contribution in [0.2, 0.25) is 0 Å². The van der Waals surface area contributed by atoms with Gasteiger partial charge in [0.25, 0.3) is 0 Å². The Hall–Kier alpha value is -3.96. The van der Waals surface area contributed by atoms with Gasteiger partial charge in [-0.3, -0.25) is 13.5 Å². The van der Waals surface area contributed by atoms with Crippen molar-refractivity contribution in [1.82, 2.24) is 14.4 Å². The molecule has 0 atom stereocenters. The van der Waals surface area contributed by atoms with Gasteiger partial charge < -0.3 is 0 Å². The fourth-order valence-electron chi connectivity index (χ4n) is 3.43. The number of ketones is 1. The standard InChI is InChI=1S/C24H20N4O3S/c1-3-15-28(32(30,31)4-2)20-12-8-11-19(16-20)21-13-14-25-24-22(26-17-27(21)24)23(29)18-9-6-5-7-10-18/h1,5-14,16-17H,4,15H2,2H3. The Kier molecular flexibility index (Phi) is 5.75. The van der Waals surface area contributed by atoms with Crippen molar-refractivity contribution >= 4 is 27.1 Å². The Morgan fingerprint density at radius 1 is 1.09 bits per heavy atom. The lowest BCUT2D eigenvalue weighted by molar-refractivity contribution is 0.103. The van der Waals surface area contributed by atoms with E-state index in [4.69, 9.17) is 6.42 Å². The summed E-state index contributed by atoms with van der Waals surface area (Å²) in [6.45, 7) is 1.51. The topological polar surface area (TPSA) is 84.6 Å². The summed E-state index contributed by atoms with van der Waals surface area (Å²) in [5.41, 5.74) is 3.11. The van der Waals surface area contributed by atoms with Gasteiger partial charge in [-0.1, -0.05) is 48.4 Å². The highest BCUT2D eigenvalue weighted by Gasteiger charge is 2.21. The molecule has 0 saturated carbocycles. The van der Waals surface area contributed by atoms with Crippen LogP contribution in [0.25, 0.3) is 16.9 Å². The van der Waals surface area contributed by atoms with E-state index in [1.807, 2.05) is 12.1 Å². The number of carbonyl (C=O) groups excluding carboxylic acids is 1. The van der Waals surface area contributed by atoms with E-state index in [-0.39, 0.29) is 23.8 Å². The zero-order valence-electron chi connectivity index (χ0n) is 17.3. The average Bonchev–Trinajstić information content (AvgIpc) is 3.27. The molecule has 0 bridgehead atoms. The number of imidazole rings is 1. The number of aromatic nitrogens is 3. The van der Waals surface area contributed by atoms with Gasteiger partial charge in [0.05, 0.1) is 23.7 Å². The zero-order chi connectivity index (χ0) is 22.7. The van der Waals surface area contributed by atoms with Crippen molar-refractivity contribution < 1.29 is 13.2 Å². The van der Waals surface area contributed by atoms with Crippen molar-refractivity contribution in [2.24, 2.45) is 0 Å². The maximum Gasteiger partial charge on any atom is 0.235 e. The monoisotopic (exact) mass is 444 g/mol. The minimum absolute atomic E-state index is 0.0633. The minimum atomic E-state index is -3.54. The van der Waals surface area contributed by atoms with Gasteiger partial charge in [0.15, 0.2) is 11.3 Å².